The molecule has 1 heterocycles. The van der Waals surface area contributed by atoms with Gasteiger partial charge in [-0.2, -0.15) is 0 Å². The van der Waals surface area contributed by atoms with Crippen molar-refractivity contribution in [2.45, 2.75) is 19.8 Å². The van der Waals surface area contributed by atoms with E-state index in [1.165, 1.54) is 6.33 Å². The summed E-state index contributed by atoms with van der Waals surface area (Å²) in [4.78, 5) is 9.89. The number of unbranched alkanes of at least 4 members (excludes halogenated alkanes) is 1. The van der Waals surface area contributed by atoms with Gasteiger partial charge in [0.2, 0.25) is 0 Å². The molecule has 0 saturated carbocycles. The third-order valence-electron chi connectivity index (χ3n) is 2.02. The van der Waals surface area contributed by atoms with Crippen molar-refractivity contribution in [1.82, 2.24) is 9.97 Å². The van der Waals surface area contributed by atoms with E-state index in [2.05, 4.69) is 16.9 Å². The van der Waals surface area contributed by atoms with E-state index in [4.69, 9.17) is 17.3 Å². The van der Waals surface area contributed by atoms with E-state index in [-0.39, 0.29) is 0 Å². The lowest BCUT2D eigenvalue weighted by atomic mass is 10.3. The Balaban J connectivity index is 2.79. The molecule has 0 bridgehead atoms. The van der Waals surface area contributed by atoms with Crippen LogP contribution < -0.4 is 10.6 Å². The minimum atomic E-state index is 0.318. The highest BCUT2D eigenvalue weighted by Gasteiger charge is 2.09. The molecule has 0 radical (unpaired) electrons. The van der Waals surface area contributed by atoms with Crippen molar-refractivity contribution in [2.24, 2.45) is 0 Å². The molecule has 14 heavy (non-hydrogen) atoms. The molecule has 0 amide bonds. The molecular formula is C9H15ClN4. The van der Waals surface area contributed by atoms with E-state index in [9.17, 15) is 0 Å². The van der Waals surface area contributed by atoms with Gasteiger partial charge in [-0.25, -0.2) is 9.97 Å². The van der Waals surface area contributed by atoms with Crippen LogP contribution in [0, 0.1) is 0 Å². The lowest BCUT2D eigenvalue weighted by molar-refractivity contribution is 0.759. The summed E-state index contributed by atoms with van der Waals surface area (Å²) >= 11 is 5.79. The van der Waals surface area contributed by atoms with Crippen LogP contribution in [-0.4, -0.2) is 23.6 Å². The lowest BCUT2D eigenvalue weighted by Crippen LogP contribution is -2.21. The molecule has 0 aromatic carbocycles. The van der Waals surface area contributed by atoms with Gasteiger partial charge in [0.25, 0.3) is 0 Å². The summed E-state index contributed by atoms with van der Waals surface area (Å²) < 4.78 is 0. The van der Waals surface area contributed by atoms with Gasteiger partial charge >= 0.3 is 0 Å². The van der Waals surface area contributed by atoms with Crippen LogP contribution in [0.4, 0.5) is 11.5 Å². The van der Waals surface area contributed by atoms with Crippen LogP contribution in [0.5, 0.6) is 0 Å². The Bertz CT molecular complexity index is 303. The Hall–Kier alpha value is -1.03. The molecule has 0 aliphatic heterocycles. The maximum Gasteiger partial charge on any atom is 0.157 e. The summed E-state index contributed by atoms with van der Waals surface area (Å²) in [6, 6.07) is 0. The first kappa shape index (κ1) is 11.0. The zero-order valence-electron chi connectivity index (χ0n) is 8.50. The Morgan fingerprint density at radius 2 is 2.21 bits per heavy atom. The fraction of sp³-hybridized carbons (Fsp3) is 0.556. The SMILES string of the molecule is CCCCN(C)c1ncnc(Cl)c1N. The van der Waals surface area contributed by atoms with Gasteiger partial charge in [0.05, 0.1) is 0 Å². The predicted octanol–water partition coefficient (Wildman–Crippen LogP) is 1.95. The minimum absolute atomic E-state index is 0.318. The standard InChI is InChI=1S/C9H15ClN4/c1-3-4-5-14(2)9-7(11)8(10)12-6-13-9/h6H,3-5,11H2,1-2H3. The molecule has 0 aliphatic rings. The third-order valence-corrected chi connectivity index (χ3v) is 2.32. The summed E-state index contributed by atoms with van der Waals surface area (Å²) in [5, 5.41) is 0.318. The first-order valence-corrected chi connectivity index (χ1v) is 5.01. The summed E-state index contributed by atoms with van der Waals surface area (Å²) in [6.45, 7) is 3.07. The summed E-state index contributed by atoms with van der Waals surface area (Å²) in [6.07, 6.45) is 3.68. The predicted molar refractivity (Wildman–Crippen MR) is 59.6 cm³/mol. The van der Waals surface area contributed by atoms with Gasteiger partial charge in [-0.1, -0.05) is 24.9 Å². The molecule has 0 fully saturated rings. The Morgan fingerprint density at radius 3 is 2.86 bits per heavy atom. The lowest BCUT2D eigenvalue weighted by Gasteiger charge is -2.19. The monoisotopic (exact) mass is 214 g/mol. The van der Waals surface area contributed by atoms with Crippen LogP contribution in [0.3, 0.4) is 0 Å². The quantitative estimate of drug-likeness (QED) is 0.779. The van der Waals surface area contributed by atoms with E-state index in [0.29, 0.717) is 16.7 Å². The molecule has 0 atom stereocenters. The van der Waals surface area contributed by atoms with Crippen LogP contribution in [-0.2, 0) is 0 Å². The molecule has 1 aromatic rings. The highest BCUT2D eigenvalue weighted by atomic mass is 35.5. The van der Waals surface area contributed by atoms with Crippen molar-refractivity contribution in [2.75, 3.05) is 24.2 Å². The molecule has 2 N–H and O–H groups in total. The summed E-state index contributed by atoms with van der Waals surface area (Å²) in [5.74, 6) is 0.707. The number of nitrogens with two attached hydrogens (primary N) is 1. The van der Waals surface area contributed by atoms with Gasteiger partial charge in [-0.05, 0) is 6.42 Å². The number of nitrogens with zero attached hydrogens (tertiary/aromatic N) is 3. The molecule has 1 rings (SSSR count). The number of nitrogen functional groups attached to an aromatic ring is 1. The molecule has 4 nitrogen and oxygen atoms in total. The van der Waals surface area contributed by atoms with E-state index in [0.717, 1.165) is 19.4 Å². The molecule has 0 unspecified atom stereocenters. The molecular weight excluding hydrogens is 200 g/mol. The highest BCUT2D eigenvalue weighted by Crippen LogP contribution is 2.24. The second-order valence-electron chi connectivity index (χ2n) is 3.18. The first-order chi connectivity index (χ1) is 6.66. The number of rotatable bonds is 4. The number of hydrogen-bond donors (Lipinski definition) is 1. The maximum absolute atomic E-state index is 5.79. The van der Waals surface area contributed by atoms with Crippen LogP contribution in [0.1, 0.15) is 19.8 Å². The first-order valence-electron chi connectivity index (χ1n) is 4.64. The fourth-order valence-electron chi connectivity index (χ4n) is 1.17. The van der Waals surface area contributed by atoms with Crippen LogP contribution in [0.25, 0.3) is 0 Å². The van der Waals surface area contributed by atoms with Gasteiger partial charge < -0.3 is 10.6 Å². The molecule has 78 valence electrons. The molecule has 0 saturated heterocycles. The van der Waals surface area contributed by atoms with Gasteiger partial charge in [-0.3, -0.25) is 0 Å². The molecule has 0 aliphatic carbocycles. The number of hydrogen-bond acceptors (Lipinski definition) is 4. The Kier molecular flexibility index (Phi) is 3.95. The summed E-state index contributed by atoms with van der Waals surface area (Å²) in [7, 11) is 1.95. The number of aromatic nitrogens is 2. The molecule has 0 spiro atoms. The van der Waals surface area contributed by atoms with Crippen molar-refractivity contribution >= 4 is 23.1 Å². The molecule has 5 heteroatoms. The third kappa shape index (κ3) is 2.48. The largest absolute Gasteiger partial charge is 0.393 e. The van der Waals surface area contributed by atoms with Gasteiger partial charge in [-0.15, -0.1) is 0 Å². The Morgan fingerprint density at radius 1 is 1.50 bits per heavy atom. The van der Waals surface area contributed by atoms with Crippen LogP contribution in [0.15, 0.2) is 6.33 Å². The molecule has 1 aromatic heterocycles. The van der Waals surface area contributed by atoms with Gasteiger partial charge in [0.15, 0.2) is 11.0 Å². The average Bonchev–Trinajstić information content (AvgIpc) is 2.18. The average molecular weight is 215 g/mol. The second kappa shape index (κ2) is 5.00. The maximum atomic E-state index is 5.79. The smallest absolute Gasteiger partial charge is 0.157 e. The number of anilines is 2. The fourth-order valence-corrected chi connectivity index (χ4v) is 1.30. The van der Waals surface area contributed by atoms with Gasteiger partial charge in [0, 0.05) is 13.6 Å². The van der Waals surface area contributed by atoms with E-state index >= 15 is 0 Å². The zero-order valence-corrected chi connectivity index (χ0v) is 9.25. The van der Waals surface area contributed by atoms with Gasteiger partial charge in [0.1, 0.15) is 12.0 Å². The van der Waals surface area contributed by atoms with Crippen LogP contribution in [0.2, 0.25) is 5.15 Å². The normalized spacial score (nSPS) is 10.2. The van der Waals surface area contributed by atoms with Crippen molar-refractivity contribution in [3.05, 3.63) is 11.5 Å². The van der Waals surface area contributed by atoms with E-state index < -0.39 is 0 Å². The van der Waals surface area contributed by atoms with E-state index in [1.807, 2.05) is 11.9 Å². The van der Waals surface area contributed by atoms with Crippen molar-refractivity contribution in [1.29, 1.82) is 0 Å². The van der Waals surface area contributed by atoms with Crippen molar-refractivity contribution < 1.29 is 0 Å². The topological polar surface area (TPSA) is 55.0 Å². The summed E-state index contributed by atoms with van der Waals surface area (Å²) in [5.41, 5.74) is 6.21. The van der Waals surface area contributed by atoms with Crippen molar-refractivity contribution in [3.8, 4) is 0 Å². The van der Waals surface area contributed by atoms with Crippen molar-refractivity contribution in [3.63, 3.8) is 0 Å². The number of halogens is 1. The zero-order chi connectivity index (χ0) is 10.6. The van der Waals surface area contributed by atoms with E-state index in [1.54, 1.807) is 0 Å². The second-order valence-corrected chi connectivity index (χ2v) is 3.53. The highest BCUT2D eigenvalue weighted by molar-refractivity contribution is 6.32. The van der Waals surface area contributed by atoms with Crippen LogP contribution >= 0.6 is 11.6 Å². The minimum Gasteiger partial charge on any atom is -0.393 e. The Labute approximate surface area is 89.1 Å².